The van der Waals surface area contributed by atoms with Crippen LogP contribution in [0.3, 0.4) is 0 Å². The summed E-state index contributed by atoms with van der Waals surface area (Å²) in [5, 5.41) is 20.6. The SMILES string of the molecule is Cc1nn(CC(=O)NCC(=O)Nc2cccc(Cl)c2C)c(C)c1[N+](=O)[O-]. The van der Waals surface area contributed by atoms with E-state index in [2.05, 4.69) is 15.7 Å². The maximum atomic E-state index is 12.0. The summed E-state index contributed by atoms with van der Waals surface area (Å²) in [7, 11) is 0. The topological polar surface area (TPSA) is 119 Å². The number of hydrogen-bond acceptors (Lipinski definition) is 5. The minimum atomic E-state index is -0.535. The van der Waals surface area contributed by atoms with Crippen molar-refractivity contribution in [3.63, 3.8) is 0 Å². The van der Waals surface area contributed by atoms with Crippen molar-refractivity contribution < 1.29 is 14.5 Å². The second kappa shape index (κ2) is 7.96. The number of anilines is 1. The zero-order valence-corrected chi connectivity index (χ0v) is 15.3. The minimum Gasteiger partial charge on any atom is -0.345 e. The van der Waals surface area contributed by atoms with Crippen LogP contribution in [-0.2, 0) is 16.1 Å². The standard InChI is InChI=1S/C16H18ClN5O4/c1-9-12(17)5-4-6-13(9)19-14(23)7-18-15(24)8-21-11(3)16(22(25)26)10(2)20-21/h4-6H,7-8H2,1-3H3,(H,18,24)(H,19,23). The molecule has 0 atom stereocenters. The van der Waals surface area contributed by atoms with Crippen LogP contribution in [0.1, 0.15) is 17.0 Å². The number of halogens is 1. The van der Waals surface area contributed by atoms with Crippen LogP contribution in [0, 0.1) is 30.9 Å². The molecule has 0 spiro atoms. The van der Waals surface area contributed by atoms with E-state index < -0.39 is 16.7 Å². The van der Waals surface area contributed by atoms with Gasteiger partial charge in [-0.15, -0.1) is 0 Å². The fraction of sp³-hybridized carbons (Fsp3) is 0.312. The highest BCUT2D eigenvalue weighted by Crippen LogP contribution is 2.23. The van der Waals surface area contributed by atoms with Gasteiger partial charge in [0.25, 0.3) is 0 Å². The summed E-state index contributed by atoms with van der Waals surface area (Å²) in [4.78, 5) is 34.4. The van der Waals surface area contributed by atoms with E-state index in [9.17, 15) is 19.7 Å². The van der Waals surface area contributed by atoms with Gasteiger partial charge in [-0.05, 0) is 38.5 Å². The van der Waals surface area contributed by atoms with Crippen LogP contribution in [0.4, 0.5) is 11.4 Å². The van der Waals surface area contributed by atoms with E-state index in [1.165, 1.54) is 18.5 Å². The van der Waals surface area contributed by atoms with Gasteiger partial charge in [0.05, 0.1) is 11.5 Å². The number of benzene rings is 1. The molecule has 0 aliphatic rings. The molecule has 10 heteroatoms. The molecule has 0 aliphatic carbocycles. The Hall–Kier alpha value is -2.94. The molecular formula is C16H18ClN5O4. The van der Waals surface area contributed by atoms with Crippen LogP contribution < -0.4 is 10.6 Å². The number of carbonyl (C=O) groups excluding carboxylic acids is 2. The first kappa shape index (κ1) is 19.4. The van der Waals surface area contributed by atoms with Crippen molar-refractivity contribution in [1.82, 2.24) is 15.1 Å². The Kier molecular flexibility index (Phi) is 5.93. The smallest absolute Gasteiger partial charge is 0.312 e. The third-order valence-electron chi connectivity index (χ3n) is 3.81. The summed E-state index contributed by atoms with van der Waals surface area (Å²) in [5.41, 5.74) is 1.68. The van der Waals surface area contributed by atoms with Crippen LogP contribution in [-0.4, -0.2) is 33.1 Å². The molecule has 2 amide bonds. The molecule has 1 aromatic heterocycles. The van der Waals surface area contributed by atoms with E-state index in [0.717, 1.165) is 5.56 Å². The average molecular weight is 380 g/mol. The monoisotopic (exact) mass is 379 g/mol. The molecule has 9 nitrogen and oxygen atoms in total. The van der Waals surface area contributed by atoms with Crippen LogP contribution in [0.25, 0.3) is 0 Å². The molecular weight excluding hydrogens is 362 g/mol. The minimum absolute atomic E-state index is 0.119. The molecule has 0 bridgehead atoms. The summed E-state index contributed by atoms with van der Waals surface area (Å²) in [6, 6.07) is 5.12. The van der Waals surface area contributed by atoms with Gasteiger partial charge in [0.1, 0.15) is 17.9 Å². The summed E-state index contributed by atoms with van der Waals surface area (Å²) < 4.78 is 1.24. The number of nitrogens with zero attached hydrogens (tertiary/aromatic N) is 3. The Bertz CT molecular complexity index is 878. The number of rotatable bonds is 6. The fourth-order valence-electron chi connectivity index (χ4n) is 2.41. The fourth-order valence-corrected chi connectivity index (χ4v) is 2.59. The highest BCUT2D eigenvalue weighted by molar-refractivity contribution is 6.31. The lowest BCUT2D eigenvalue weighted by molar-refractivity contribution is -0.386. The molecule has 26 heavy (non-hydrogen) atoms. The Morgan fingerprint density at radius 3 is 2.58 bits per heavy atom. The molecule has 1 aromatic carbocycles. The lowest BCUT2D eigenvalue weighted by Crippen LogP contribution is -2.35. The Morgan fingerprint density at radius 2 is 1.96 bits per heavy atom. The van der Waals surface area contributed by atoms with Gasteiger partial charge in [-0.3, -0.25) is 24.4 Å². The normalized spacial score (nSPS) is 10.5. The quantitative estimate of drug-likeness (QED) is 0.588. The number of aryl methyl sites for hydroxylation is 1. The van der Waals surface area contributed by atoms with Gasteiger partial charge in [-0.1, -0.05) is 17.7 Å². The zero-order valence-electron chi connectivity index (χ0n) is 14.5. The first-order valence-corrected chi connectivity index (χ1v) is 8.08. The Balaban J connectivity index is 1.93. The summed E-state index contributed by atoms with van der Waals surface area (Å²) in [5.74, 6) is -0.897. The van der Waals surface area contributed by atoms with Crippen molar-refractivity contribution in [2.24, 2.45) is 0 Å². The highest BCUT2D eigenvalue weighted by Gasteiger charge is 2.22. The van der Waals surface area contributed by atoms with Crippen LogP contribution in [0.5, 0.6) is 0 Å². The van der Waals surface area contributed by atoms with Crippen LogP contribution in [0.2, 0.25) is 5.02 Å². The molecule has 0 aliphatic heterocycles. The van der Waals surface area contributed by atoms with E-state index in [4.69, 9.17) is 11.6 Å². The Labute approximate surface area is 154 Å². The number of carbonyl (C=O) groups is 2. The van der Waals surface area contributed by atoms with Gasteiger partial charge >= 0.3 is 5.69 Å². The molecule has 0 radical (unpaired) electrons. The van der Waals surface area contributed by atoms with E-state index in [1.54, 1.807) is 25.1 Å². The van der Waals surface area contributed by atoms with Gasteiger partial charge in [0.2, 0.25) is 11.8 Å². The second-order valence-corrected chi connectivity index (χ2v) is 6.08. The maximum absolute atomic E-state index is 12.0. The predicted molar refractivity (Wildman–Crippen MR) is 96.2 cm³/mol. The second-order valence-electron chi connectivity index (χ2n) is 5.67. The largest absolute Gasteiger partial charge is 0.345 e. The Morgan fingerprint density at radius 1 is 1.27 bits per heavy atom. The molecule has 0 saturated heterocycles. The lowest BCUT2D eigenvalue weighted by Gasteiger charge is -2.10. The summed E-state index contributed by atoms with van der Waals surface area (Å²) >= 11 is 5.99. The van der Waals surface area contributed by atoms with E-state index in [1.807, 2.05) is 0 Å². The number of aromatic nitrogens is 2. The number of nitro groups is 1. The summed E-state index contributed by atoms with van der Waals surface area (Å²) in [6.45, 7) is 4.32. The average Bonchev–Trinajstić information content (AvgIpc) is 2.83. The molecule has 138 valence electrons. The van der Waals surface area contributed by atoms with Crippen molar-refractivity contribution >= 4 is 34.8 Å². The van der Waals surface area contributed by atoms with Crippen molar-refractivity contribution in [3.05, 3.63) is 50.3 Å². The van der Waals surface area contributed by atoms with Crippen molar-refractivity contribution in [3.8, 4) is 0 Å². The molecule has 0 fully saturated rings. The molecule has 2 aromatic rings. The van der Waals surface area contributed by atoms with Gasteiger partial charge in [-0.25, -0.2) is 0 Å². The zero-order chi connectivity index (χ0) is 19.4. The van der Waals surface area contributed by atoms with Gasteiger partial charge in [-0.2, -0.15) is 5.10 Å². The molecule has 0 unspecified atom stereocenters. The third-order valence-corrected chi connectivity index (χ3v) is 4.22. The molecule has 0 saturated carbocycles. The van der Waals surface area contributed by atoms with Gasteiger partial charge < -0.3 is 10.6 Å². The third kappa shape index (κ3) is 4.37. The van der Waals surface area contributed by atoms with Gasteiger partial charge in [0.15, 0.2) is 0 Å². The lowest BCUT2D eigenvalue weighted by atomic mass is 10.2. The first-order valence-electron chi connectivity index (χ1n) is 7.70. The van der Waals surface area contributed by atoms with Crippen molar-refractivity contribution in [2.45, 2.75) is 27.3 Å². The number of nitrogens with one attached hydrogen (secondary N) is 2. The summed E-state index contributed by atoms with van der Waals surface area (Å²) in [6.07, 6.45) is 0. The number of hydrogen-bond donors (Lipinski definition) is 2. The van der Waals surface area contributed by atoms with E-state index >= 15 is 0 Å². The molecule has 2 N–H and O–H groups in total. The number of amides is 2. The van der Waals surface area contributed by atoms with Crippen LogP contribution >= 0.6 is 11.6 Å². The molecule has 1 heterocycles. The molecule has 2 rings (SSSR count). The van der Waals surface area contributed by atoms with Crippen molar-refractivity contribution in [1.29, 1.82) is 0 Å². The van der Waals surface area contributed by atoms with Crippen LogP contribution in [0.15, 0.2) is 18.2 Å². The maximum Gasteiger partial charge on any atom is 0.312 e. The highest BCUT2D eigenvalue weighted by atomic mass is 35.5. The van der Waals surface area contributed by atoms with Gasteiger partial charge in [0, 0.05) is 10.7 Å². The van der Waals surface area contributed by atoms with E-state index in [-0.39, 0.29) is 30.2 Å². The van der Waals surface area contributed by atoms with Crippen molar-refractivity contribution in [2.75, 3.05) is 11.9 Å². The van der Waals surface area contributed by atoms with E-state index in [0.29, 0.717) is 10.7 Å². The first-order chi connectivity index (χ1) is 12.2. The predicted octanol–water partition coefficient (Wildman–Crippen LogP) is 2.12.